The minimum absolute atomic E-state index is 0.662. The molecule has 0 aliphatic heterocycles. The van der Waals surface area contributed by atoms with E-state index in [9.17, 15) is 0 Å². The van der Waals surface area contributed by atoms with Crippen molar-refractivity contribution in [1.29, 1.82) is 0 Å². The molecule has 0 radical (unpaired) electrons. The fourth-order valence-electron chi connectivity index (χ4n) is 1.88. The first kappa shape index (κ1) is 12.7. The van der Waals surface area contributed by atoms with Gasteiger partial charge < -0.3 is 5.32 Å². The number of hydrogen-bond acceptors (Lipinski definition) is 2. The van der Waals surface area contributed by atoms with E-state index in [-0.39, 0.29) is 0 Å². The largest absolute Gasteiger partial charge is 0.314 e. The zero-order valence-electron chi connectivity index (χ0n) is 10.3. The first-order valence-corrected chi connectivity index (χ1v) is 6.78. The summed E-state index contributed by atoms with van der Waals surface area (Å²) in [5, 5.41) is 5.85. The van der Waals surface area contributed by atoms with Crippen LogP contribution in [0.3, 0.4) is 0 Å². The highest BCUT2D eigenvalue weighted by Crippen LogP contribution is 2.17. The second kappa shape index (κ2) is 6.29. The molecule has 0 aromatic carbocycles. The van der Waals surface area contributed by atoms with E-state index in [1.165, 1.54) is 23.3 Å². The van der Waals surface area contributed by atoms with Gasteiger partial charge in [-0.15, -0.1) is 11.3 Å². The lowest BCUT2D eigenvalue weighted by molar-refractivity contribution is 0.385. The fourth-order valence-corrected chi connectivity index (χ4v) is 2.63. The van der Waals surface area contributed by atoms with Gasteiger partial charge >= 0.3 is 0 Å². The summed E-state index contributed by atoms with van der Waals surface area (Å²) in [4.78, 5) is 1.43. The Morgan fingerprint density at radius 3 is 2.60 bits per heavy atom. The molecule has 0 saturated carbocycles. The highest BCUT2D eigenvalue weighted by atomic mass is 32.1. The quantitative estimate of drug-likeness (QED) is 0.779. The van der Waals surface area contributed by atoms with E-state index in [1.54, 1.807) is 0 Å². The molecule has 0 fully saturated rings. The van der Waals surface area contributed by atoms with E-state index in [1.807, 2.05) is 11.3 Å². The molecule has 0 saturated heterocycles. The van der Waals surface area contributed by atoms with Crippen molar-refractivity contribution < 1.29 is 0 Å². The molecule has 1 aromatic heterocycles. The minimum Gasteiger partial charge on any atom is -0.314 e. The maximum Gasteiger partial charge on any atom is 0.00931 e. The third-order valence-corrected chi connectivity index (χ3v) is 3.71. The molecule has 15 heavy (non-hydrogen) atoms. The van der Waals surface area contributed by atoms with Gasteiger partial charge in [0.05, 0.1) is 0 Å². The van der Waals surface area contributed by atoms with Gasteiger partial charge in [0, 0.05) is 10.9 Å². The Labute approximate surface area is 97.9 Å². The zero-order valence-corrected chi connectivity index (χ0v) is 11.2. The average molecular weight is 225 g/mol. The van der Waals surface area contributed by atoms with Crippen LogP contribution < -0.4 is 5.32 Å². The molecular formula is C13H23NS. The Morgan fingerprint density at radius 2 is 2.13 bits per heavy atom. The predicted molar refractivity (Wildman–Crippen MR) is 69.7 cm³/mol. The summed E-state index contributed by atoms with van der Waals surface area (Å²) < 4.78 is 0. The molecule has 2 heteroatoms. The van der Waals surface area contributed by atoms with Crippen molar-refractivity contribution in [3.63, 3.8) is 0 Å². The van der Waals surface area contributed by atoms with Gasteiger partial charge in [0.2, 0.25) is 0 Å². The molecule has 0 aliphatic rings. The van der Waals surface area contributed by atoms with E-state index < -0.39 is 0 Å². The van der Waals surface area contributed by atoms with Gasteiger partial charge in [-0.2, -0.15) is 0 Å². The highest BCUT2D eigenvalue weighted by molar-refractivity contribution is 7.10. The smallest absolute Gasteiger partial charge is 0.00931 e. The lowest BCUT2D eigenvalue weighted by Gasteiger charge is -2.21. The Kier molecular flexibility index (Phi) is 5.34. The van der Waals surface area contributed by atoms with Crippen LogP contribution in [-0.2, 0) is 6.42 Å². The second-order valence-electron chi connectivity index (χ2n) is 4.51. The van der Waals surface area contributed by atoms with E-state index in [0.717, 1.165) is 12.5 Å². The number of aryl methyl sites for hydroxylation is 2. The first-order chi connectivity index (χ1) is 7.13. The molecule has 1 atom stereocenters. The van der Waals surface area contributed by atoms with Crippen LogP contribution in [0.5, 0.6) is 0 Å². The van der Waals surface area contributed by atoms with Gasteiger partial charge in [0.15, 0.2) is 0 Å². The van der Waals surface area contributed by atoms with Crippen molar-refractivity contribution in [3.8, 4) is 0 Å². The molecule has 0 spiro atoms. The summed E-state index contributed by atoms with van der Waals surface area (Å²) in [5.74, 6) is 0.727. The Balaban J connectivity index is 2.39. The number of nitrogens with one attached hydrogen (secondary N) is 1. The van der Waals surface area contributed by atoms with Gasteiger partial charge in [-0.05, 0) is 49.2 Å². The van der Waals surface area contributed by atoms with Crippen molar-refractivity contribution in [3.05, 3.63) is 21.9 Å². The normalized spacial score (nSPS) is 13.4. The molecule has 0 bridgehead atoms. The third kappa shape index (κ3) is 4.35. The minimum atomic E-state index is 0.662. The lowest BCUT2D eigenvalue weighted by Crippen LogP contribution is -2.34. The summed E-state index contributed by atoms with van der Waals surface area (Å²) in [7, 11) is 0. The van der Waals surface area contributed by atoms with Crippen LogP contribution in [0.15, 0.2) is 11.4 Å². The molecule has 1 aromatic rings. The highest BCUT2D eigenvalue weighted by Gasteiger charge is 2.11. The maximum absolute atomic E-state index is 3.56. The lowest BCUT2D eigenvalue weighted by atomic mass is 9.97. The Morgan fingerprint density at radius 1 is 1.40 bits per heavy atom. The van der Waals surface area contributed by atoms with Gasteiger partial charge in [0.25, 0.3) is 0 Å². The van der Waals surface area contributed by atoms with Crippen LogP contribution in [0.25, 0.3) is 0 Å². The second-order valence-corrected chi connectivity index (χ2v) is 5.63. The average Bonchev–Trinajstić information content (AvgIpc) is 2.58. The van der Waals surface area contributed by atoms with Crippen molar-refractivity contribution in [2.45, 2.75) is 46.6 Å². The van der Waals surface area contributed by atoms with Crippen molar-refractivity contribution in [2.24, 2.45) is 5.92 Å². The van der Waals surface area contributed by atoms with Crippen LogP contribution in [0.4, 0.5) is 0 Å². The number of thiophene rings is 1. The summed E-state index contributed by atoms with van der Waals surface area (Å²) >= 11 is 1.86. The molecule has 0 aliphatic carbocycles. The van der Waals surface area contributed by atoms with Gasteiger partial charge in [-0.1, -0.05) is 20.8 Å². The molecule has 1 unspecified atom stereocenters. The Hall–Kier alpha value is -0.340. The maximum atomic E-state index is 3.56. The summed E-state index contributed by atoms with van der Waals surface area (Å²) in [6, 6.07) is 2.98. The van der Waals surface area contributed by atoms with Gasteiger partial charge in [0.1, 0.15) is 0 Å². The van der Waals surface area contributed by atoms with E-state index in [4.69, 9.17) is 0 Å². The summed E-state index contributed by atoms with van der Waals surface area (Å²) in [6.45, 7) is 10.0. The molecule has 1 rings (SSSR count). The van der Waals surface area contributed by atoms with E-state index in [2.05, 4.69) is 44.5 Å². The van der Waals surface area contributed by atoms with Crippen molar-refractivity contribution in [1.82, 2.24) is 5.32 Å². The standard InChI is InChI=1S/C13H23NS/c1-5-14-13(10(2)3)7-6-12-8-11(4)15-9-12/h8-10,13-14H,5-7H2,1-4H3. The van der Waals surface area contributed by atoms with Gasteiger partial charge in [-0.3, -0.25) is 0 Å². The molecule has 1 heterocycles. The van der Waals surface area contributed by atoms with Gasteiger partial charge in [-0.25, -0.2) is 0 Å². The topological polar surface area (TPSA) is 12.0 Å². The van der Waals surface area contributed by atoms with E-state index in [0.29, 0.717) is 6.04 Å². The Bertz CT molecular complexity index is 278. The molecule has 1 nitrogen and oxygen atoms in total. The number of rotatable bonds is 6. The van der Waals surface area contributed by atoms with Crippen LogP contribution in [0.1, 0.15) is 37.6 Å². The van der Waals surface area contributed by atoms with Crippen LogP contribution in [0, 0.1) is 12.8 Å². The fraction of sp³-hybridized carbons (Fsp3) is 0.692. The third-order valence-electron chi connectivity index (χ3n) is 2.80. The van der Waals surface area contributed by atoms with Crippen LogP contribution in [-0.4, -0.2) is 12.6 Å². The summed E-state index contributed by atoms with van der Waals surface area (Å²) in [5.41, 5.74) is 1.50. The molecule has 1 N–H and O–H groups in total. The predicted octanol–water partition coefficient (Wildman–Crippen LogP) is 3.62. The van der Waals surface area contributed by atoms with E-state index >= 15 is 0 Å². The van der Waals surface area contributed by atoms with Crippen LogP contribution in [0.2, 0.25) is 0 Å². The number of hydrogen-bond donors (Lipinski definition) is 1. The van der Waals surface area contributed by atoms with Crippen molar-refractivity contribution >= 4 is 11.3 Å². The van der Waals surface area contributed by atoms with Crippen molar-refractivity contribution in [2.75, 3.05) is 6.54 Å². The zero-order chi connectivity index (χ0) is 11.3. The summed E-state index contributed by atoms with van der Waals surface area (Å²) in [6.07, 6.45) is 2.46. The SMILES string of the molecule is CCNC(CCc1csc(C)c1)C(C)C. The molecule has 86 valence electrons. The molecular weight excluding hydrogens is 202 g/mol. The molecule has 0 amide bonds. The first-order valence-electron chi connectivity index (χ1n) is 5.91. The van der Waals surface area contributed by atoms with Crippen LogP contribution >= 0.6 is 11.3 Å². The monoisotopic (exact) mass is 225 g/mol.